The van der Waals surface area contributed by atoms with Gasteiger partial charge in [-0.15, -0.1) is 0 Å². The molecule has 1 aliphatic heterocycles. The zero-order valence-corrected chi connectivity index (χ0v) is 22.8. The topological polar surface area (TPSA) is 130 Å². The number of methoxy groups -OCH3 is 1. The average Bonchev–Trinajstić information content (AvgIpc) is 2.90. The van der Waals surface area contributed by atoms with Crippen LogP contribution in [0, 0.1) is 0 Å². The summed E-state index contributed by atoms with van der Waals surface area (Å²) < 4.78 is 25.3. The first kappa shape index (κ1) is 27.0. The second-order valence-electron chi connectivity index (χ2n) is 10.3. The number of pyridine rings is 1. The maximum absolute atomic E-state index is 14.2. The molecule has 0 saturated carbocycles. The smallest absolute Gasteiger partial charge is 0.306 e. The highest BCUT2D eigenvalue weighted by molar-refractivity contribution is 6.11. The monoisotopic (exact) mass is 547 g/mol. The van der Waals surface area contributed by atoms with E-state index in [1.807, 2.05) is 41.0 Å². The number of rotatable bonds is 6. The number of fused-ring (bicyclic) bond motifs is 6. The van der Waals surface area contributed by atoms with Crippen molar-refractivity contribution >= 4 is 50.5 Å². The van der Waals surface area contributed by atoms with Crippen LogP contribution in [0.3, 0.4) is 0 Å². The van der Waals surface area contributed by atoms with Crippen LogP contribution in [-0.4, -0.2) is 46.4 Å². The normalized spacial score (nSPS) is 17.7. The molecule has 1 aromatic heterocycles. The number of aliphatic carboxylic acids is 1. The second kappa shape index (κ2) is 9.86. The number of carbonyl (C=O) groups excluding carboxylic acids is 2. The van der Waals surface area contributed by atoms with Crippen molar-refractivity contribution < 1.29 is 38.4 Å². The highest BCUT2D eigenvalue weighted by Crippen LogP contribution is 2.49. The molecule has 2 atom stereocenters. The molecule has 4 aromatic rings. The highest BCUT2D eigenvalue weighted by atomic mass is 16.6. The lowest BCUT2D eigenvalue weighted by Crippen LogP contribution is -2.52. The van der Waals surface area contributed by atoms with Crippen molar-refractivity contribution in [2.45, 2.75) is 51.4 Å². The Morgan fingerprint density at radius 1 is 1.05 bits per heavy atom. The van der Waals surface area contributed by atoms with Crippen LogP contribution in [0.2, 0.25) is 0 Å². The van der Waals surface area contributed by atoms with Gasteiger partial charge in [0.25, 0.3) is 0 Å². The maximum Gasteiger partial charge on any atom is 0.306 e. The van der Waals surface area contributed by atoms with Crippen molar-refractivity contribution in [2.24, 2.45) is 7.05 Å². The van der Waals surface area contributed by atoms with Crippen molar-refractivity contribution in [3.8, 4) is 11.5 Å². The lowest BCUT2D eigenvalue weighted by atomic mass is 9.86. The van der Waals surface area contributed by atoms with Crippen molar-refractivity contribution in [1.29, 1.82) is 0 Å². The molecule has 2 unspecified atom stereocenters. The van der Waals surface area contributed by atoms with Gasteiger partial charge in [0.05, 0.1) is 47.3 Å². The van der Waals surface area contributed by atoms with E-state index in [1.54, 1.807) is 27.0 Å². The van der Waals surface area contributed by atoms with Gasteiger partial charge in [-0.1, -0.05) is 30.3 Å². The molecule has 40 heavy (non-hydrogen) atoms. The number of carboxylic acids is 1. The zero-order chi connectivity index (χ0) is 28.9. The largest absolute Gasteiger partial charge is 0.496 e. The highest BCUT2D eigenvalue weighted by Gasteiger charge is 2.50. The Kier molecular flexibility index (Phi) is 6.65. The lowest BCUT2D eigenvalue weighted by molar-refractivity contribution is -0.189. The molecule has 0 bridgehead atoms. The van der Waals surface area contributed by atoms with Gasteiger partial charge in [0, 0.05) is 20.0 Å². The number of ether oxygens (including phenoxy) is 4. The Labute approximate surface area is 229 Å². The molecule has 2 heterocycles. The van der Waals surface area contributed by atoms with Crippen molar-refractivity contribution in [2.75, 3.05) is 7.11 Å². The van der Waals surface area contributed by atoms with Crippen molar-refractivity contribution in [3.63, 3.8) is 0 Å². The van der Waals surface area contributed by atoms with Crippen LogP contribution in [0.15, 0.2) is 47.3 Å². The van der Waals surface area contributed by atoms with E-state index in [1.165, 1.54) is 14.0 Å². The van der Waals surface area contributed by atoms with Crippen LogP contribution in [0.1, 0.15) is 45.3 Å². The molecular formula is C30H29NO9. The Morgan fingerprint density at radius 3 is 2.45 bits per heavy atom. The fourth-order valence-corrected chi connectivity index (χ4v) is 5.52. The number of hydrogen-bond acceptors (Lipinski definition) is 8. The molecule has 1 N–H and O–H groups in total. The summed E-state index contributed by atoms with van der Waals surface area (Å²) in [5, 5.41) is 11.4. The quantitative estimate of drug-likeness (QED) is 0.212. The Morgan fingerprint density at radius 2 is 1.77 bits per heavy atom. The summed E-state index contributed by atoms with van der Waals surface area (Å²) >= 11 is 0. The number of esters is 2. The number of aromatic nitrogens is 1. The molecule has 0 fully saturated rings. The second-order valence-corrected chi connectivity index (χ2v) is 10.3. The summed E-state index contributed by atoms with van der Waals surface area (Å²) in [6, 6.07) is 12.9. The Bertz CT molecular complexity index is 1770. The third-order valence-electron chi connectivity index (χ3n) is 7.26. The zero-order valence-electron chi connectivity index (χ0n) is 22.8. The van der Waals surface area contributed by atoms with Gasteiger partial charge in [-0.05, 0) is 30.7 Å². The SMILES string of the molecule is COc1cc2c(c3c1c(=O)c1c4ccccc4ccc1n3C)C(OC(C)=O)C(OC(=O)CCC(=O)O)C(C)(C)O2. The molecule has 208 valence electrons. The first-order chi connectivity index (χ1) is 18.9. The molecule has 0 radical (unpaired) electrons. The van der Waals surface area contributed by atoms with E-state index in [0.717, 1.165) is 10.8 Å². The van der Waals surface area contributed by atoms with Gasteiger partial charge >= 0.3 is 17.9 Å². The van der Waals surface area contributed by atoms with Crippen LogP contribution >= 0.6 is 0 Å². The number of carboxylic acid groups (broad SMARTS) is 1. The minimum Gasteiger partial charge on any atom is -0.496 e. The fourth-order valence-electron chi connectivity index (χ4n) is 5.52. The molecule has 10 heteroatoms. The summed E-state index contributed by atoms with van der Waals surface area (Å²) in [5.74, 6) is -1.99. The predicted molar refractivity (Wildman–Crippen MR) is 147 cm³/mol. The van der Waals surface area contributed by atoms with Crippen LogP contribution in [-0.2, 0) is 30.9 Å². The molecule has 5 rings (SSSR count). The van der Waals surface area contributed by atoms with Crippen LogP contribution in [0.4, 0.5) is 0 Å². The Hall–Kier alpha value is -4.60. The van der Waals surface area contributed by atoms with E-state index in [-0.39, 0.29) is 23.0 Å². The molecule has 1 aliphatic rings. The summed E-state index contributed by atoms with van der Waals surface area (Å²) in [6.07, 6.45) is -3.11. The van der Waals surface area contributed by atoms with Gasteiger partial charge in [-0.2, -0.15) is 0 Å². The number of benzene rings is 3. The fraction of sp³-hybridized carbons (Fsp3) is 0.333. The van der Waals surface area contributed by atoms with Crippen LogP contribution < -0.4 is 14.9 Å². The average molecular weight is 548 g/mol. The summed E-state index contributed by atoms with van der Waals surface area (Å²) in [5.41, 5.74) is -0.100. The summed E-state index contributed by atoms with van der Waals surface area (Å²) in [7, 11) is 3.25. The molecule has 0 amide bonds. The van der Waals surface area contributed by atoms with E-state index >= 15 is 0 Å². The Balaban J connectivity index is 1.84. The summed E-state index contributed by atoms with van der Waals surface area (Å²) in [4.78, 5) is 50.3. The van der Waals surface area contributed by atoms with Crippen molar-refractivity contribution in [1.82, 2.24) is 4.57 Å². The maximum atomic E-state index is 14.2. The predicted octanol–water partition coefficient (Wildman–Crippen LogP) is 4.41. The number of hydrogen-bond donors (Lipinski definition) is 1. The van der Waals surface area contributed by atoms with Gasteiger partial charge < -0.3 is 28.6 Å². The van der Waals surface area contributed by atoms with Gasteiger partial charge in [0.15, 0.2) is 12.2 Å². The van der Waals surface area contributed by atoms with Crippen LogP contribution in [0.25, 0.3) is 32.6 Å². The van der Waals surface area contributed by atoms with E-state index in [9.17, 15) is 19.2 Å². The van der Waals surface area contributed by atoms with Gasteiger partial charge in [0.1, 0.15) is 17.1 Å². The van der Waals surface area contributed by atoms with E-state index in [2.05, 4.69) is 0 Å². The van der Waals surface area contributed by atoms with Gasteiger partial charge in [0.2, 0.25) is 5.43 Å². The van der Waals surface area contributed by atoms with E-state index < -0.39 is 42.1 Å². The van der Waals surface area contributed by atoms with E-state index in [4.69, 9.17) is 24.1 Å². The molecule has 0 saturated heterocycles. The standard InChI is InChI=1S/C30H29NO9/c1-15(32)38-28-25-20(40-30(2,3)29(28)39-22(35)13-12-21(33)34)14-19(37-5)24-26(25)31(4)18-11-10-16-8-6-7-9-17(16)23(18)27(24)36/h6-11,14,28-29H,12-13H2,1-5H3,(H,33,34). The van der Waals surface area contributed by atoms with Gasteiger partial charge in [-0.25, -0.2) is 0 Å². The molecule has 0 aliphatic carbocycles. The van der Waals surface area contributed by atoms with Gasteiger partial charge in [-0.3, -0.25) is 19.2 Å². The minimum atomic E-state index is -1.20. The van der Waals surface area contributed by atoms with E-state index in [0.29, 0.717) is 27.7 Å². The number of carbonyl (C=O) groups is 3. The third kappa shape index (κ3) is 4.39. The molecular weight excluding hydrogens is 518 g/mol. The van der Waals surface area contributed by atoms with Crippen LogP contribution in [0.5, 0.6) is 11.5 Å². The van der Waals surface area contributed by atoms with Crippen molar-refractivity contribution in [3.05, 3.63) is 58.3 Å². The molecule has 3 aromatic carbocycles. The third-order valence-corrected chi connectivity index (χ3v) is 7.26. The first-order valence-electron chi connectivity index (χ1n) is 12.8. The summed E-state index contributed by atoms with van der Waals surface area (Å²) in [6.45, 7) is 4.57. The lowest BCUT2D eigenvalue weighted by Gasteiger charge is -2.43. The number of nitrogens with zero attached hydrogens (tertiary/aromatic N) is 1. The molecule has 10 nitrogen and oxygen atoms in total. The molecule has 0 spiro atoms. The number of aryl methyl sites for hydroxylation is 1. The first-order valence-corrected chi connectivity index (χ1v) is 12.8. The minimum absolute atomic E-state index is 0.254.